The molecule has 0 aliphatic carbocycles. The minimum absolute atomic E-state index is 0.104. The first kappa shape index (κ1) is 14.4. The maximum Gasteiger partial charge on any atom is 0.320 e. The molecule has 0 saturated carbocycles. The Morgan fingerprint density at radius 2 is 1.94 bits per heavy atom. The Hall–Kier alpha value is -1.62. The summed E-state index contributed by atoms with van der Waals surface area (Å²) < 4.78 is 0. The summed E-state index contributed by atoms with van der Waals surface area (Å²) in [6, 6.07) is 8.73. The fraction of sp³-hybridized carbons (Fsp3) is 0.385. The van der Waals surface area contributed by atoms with Crippen LogP contribution in [0.15, 0.2) is 30.3 Å². The highest BCUT2D eigenvalue weighted by Crippen LogP contribution is 2.29. The van der Waals surface area contributed by atoms with Gasteiger partial charge in [0.15, 0.2) is 0 Å². The summed E-state index contributed by atoms with van der Waals surface area (Å²) in [6.45, 7) is 3.75. The zero-order chi connectivity index (χ0) is 13.8. The summed E-state index contributed by atoms with van der Waals surface area (Å²) in [6.07, 6.45) is 0.719. The van der Waals surface area contributed by atoms with Crippen molar-refractivity contribution in [2.24, 2.45) is 0 Å². The van der Waals surface area contributed by atoms with Crippen molar-refractivity contribution in [1.82, 2.24) is 4.81 Å². The van der Waals surface area contributed by atoms with E-state index in [1.54, 1.807) is 11.9 Å². The van der Waals surface area contributed by atoms with Gasteiger partial charge in [-0.15, -0.1) is 0 Å². The molecule has 0 fully saturated rings. The lowest BCUT2D eigenvalue weighted by molar-refractivity contribution is -0.143. The van der Waals surface area contributed by atoms with Crippen LogP contribution in [0.1, 0.15) is 19.4 Å². The van der Waals surface area contributed by atoms with Gasteiger partial charge in [0, 0.05) is 5.41 Å². The van der Waals surface area contributed by atoms with Gasteiger partial charge in [-0.05, 0) is 12.6 Å². The van der Waals surface area contributed by atoms with Crippen LogP contribution in [0.4, 0.5) is 0 Å². The molecule has 0 amide bonds. The first-order valence-corrected chi connectivity index (χ1v) is 5.83. The number of benzene rings is 1. The first-order chi connectivity index (χ1) is 8.41. The fourth-order valence-corrected chi connectivity index (χ4v) is 2.30. The Morgan fingerprint density at radius 1 is 1.39 bits per heavy atom. The monoisotopic (exact) mass is 247 g/mol. The Kier molecular flexibility index (Phi) is 4.67. The summed E-state index contributed by atoms with van der Waals surface area (Å²) in [4.78, 5) is 23.6. The molecule has 0 saturated heterocycles. The number of carboxylic acid groups (broad SMARTS) is 1. The van der Waals surface area contributed by atoms with Gasteiger partial charge < -0.3 is 14.7 Å². The predicted molar refractivity (Wildman–Crippen MR) is 72.6 cm³/mol. The van der Waals surface area contributed by atoms with Crippen LogP contribution in [0.3, 0.4) is 0 Å². The number of carbonyl (C=O) groups excluding carboxylic acids is 1. The molecule has 0 aliphatic rings. The van der Waals surface area contributed by atoms with Crippen LogP contribution in [0.5, 0.6) is 0 Å². The summed E-state index contributed by atoms with van der Waals surface area (Å²) >= 11 is 0. The number of aliphatic carboxylic acids is 1. The van der Waals surface area contributed by atoms with Crippen LogP contribution in [-0.4, -0.2) is 42.6 Å². The summed E-state index contributed by atoms with van der Waals surface area (Å²) in [5.74, 6) is -0.923. The third-order valence-electron chi connectivity index (χ3n) is 3.24. The van der Waals surface area contributed by atoms with Gasteiger partial charge in [-0.25, -0.2) is 0 Å². The standard InChI is InChI=1S/C13H18BNO3/c1-13(2,10-7-5-4-6-8-10)11(12(17)18)15(3)14-9-16/h4-9,11,14H,1-3H3,(H,17,18)/t11-/m1/s1. The van der Waals surface area contributed by atoms with Gasteiger partial charge in [-0.3, -0.25) is 4.79 Å². The van der Waals surface area contributed by atoms with E-state index in [1.807, 2.05) is 44.2 Å². The zero-order valence-corrected chi connectivity index (χ0v) is 11.0. The maximum absolute atomic E-state index is 11.5. The normalized spacial score (nSPS) is 13.1. The number of rotatable bonds is 6. The van der Waals surface area contributed by atoms with Crippen LogP contribution in [0.2, 0.25) is 0 Å². The van der Waals surface area contributed by atoms with E-state index >= 15 is 0 Å². The van der Waals surface area contributed by atoms with Crippen molar-refractivity contribution in [1.29, 1.82) is 0 Å². The van der Waals surface area contributed by atoms with Gasteiger partial charge in [0.1, 0.15) is 6.04 Å². The number of hydrogen-bond donors (Lipinski definition) is 1. The smallest absolute Gasteiger partial charge is 0.320 e. The summed E-state index contributed by atoms with van der Waals surface area (Å²) in [5, 5.41) is 9.41. The topological polar surface area (TPSA) is 57.6 Å². The predicted octanol–water partition coefficient (Wildman–Crippen LogP) is 0.891. The van der Waals surface area contributed by atoms with E-state index < -0.39 is 17.4 Å². The van der Waals surface area contributed by atoms with Gasteiger partial charge >= 0.3 is 5.97 Å². The summed E-state index contributed by atoms with van der Waals surface area (Å²) in [5.41, 5.74) is 0.361. The number of hydrogen-bond acceptors (Lipinski definition) is 3. The molecule has 0 unspecified atom stereocenters. The molecule has 4 nitrogen and oxygen atoms in total. The van der Waals surface area contributed by atoms with Crippen molar-refractivity contribution in [2.75, 3.05) is 7.05 Å². The van der Waals surface area contributed by atoms with Gasteiger partial charge in [-0.1, -0.05) is 44.2 Å². The number of likely N-dealkylation sites (N-methyl/N-ethyl adjacent to an activating group) is 1. The molecule has 0 heterocycles. The quantitative estimate of drug-likeness (QED) is 0.599. The zero-order valence-electron chi connectivity index (χ0n) is 11.0. The SMILES string of the molecule is CN(BC=O)[C@H](C(=O)O)C(C)(C)c1ccccc1. The van der Waals surface area contributed by atoms with E-state index in [0.717, 1.165) is 11.7 Å². The second kappa shape index (κ2) is 5.82. The fourth-order valence-electron chi connectivity index (χ4n) is 2.30. The molecular weight excluding hydrogens is 229 g/mol. The van der Waals surface area contributed by atoms with E-state index in [4.69, 9.17) is 0 Å². The van der Waals surface area contributed by atoms with Crippen molar-refractivity contribution >= 4 is 19.6 Å². The molecule has 0 radical (unpaired) electrons. The lowest BCUT2D eigenvalue weighted by Crippen LogP contribution is -2.52. The molecule has 1 aromatic rings. The van der Waals surface area contributed by atoms with Crippen molar-refractivity contribution in [3.63, 3.8) is 0 Å². The van der Waals surface area contributed by atoms with Crippen LogP contribution in [0, 0.1) is 0 Å². The molecule has 1 atom stereocenters. The molecule has 5 heteroatoms. The van der Waals surface area contributed by atoms with Crippen LogP contribution >= 0.6 is 0 Å². The second-order valence-electron chi connectivity index (χ2n) is 4.93. The Morgan fingerprint density at radius 3 is 2.39 bits per heavy atom. The molecule has 96 valence electrons. The molecule has 1 aromatic carbocycles. The summed E-state index contributed by atoms with van der Waals surface area (Å²) in [7, 11) is 1.76. The molecule has 0 aromatic heterocycles. The minimum atomic E-state index is -0.923. The highest BCUT2D eigenvalue weighted by Gasteiger charge is 2.39. The maximum atomic E-state index is 11.5. The average molecular weight is 247 g/mol. The van der Waals surface area contributed by atoms with Gasteiger partial charge in [0.05, 0.1) is 6.19 Å². The molecule has 1 N–H and O–H groups in total. The highest BCUT2D eigenvalue weighted by molar-refractivity contribution is 6.64. The Bertz CT molecular complexity index is 420. The Labute approximate surface area is 108 Å². The van der Waals surface area contributed by atoms with E-state index in [0.29, 0.717) is 0 Å². The van der Waals surface area contributed by atoms with E-state index in [1.165, 1.54) is 0 Å². The third-order valence-corrected chi connectivity index (χ3v) is 3.24. The third kappa shape index (κ3) is 2.98. The first-order valence-electron chi connectivity index (χ1n) is 5.83. The van der Waals surface area contributed by atoms with Gasteiger partial charge in [0.25, 0.3) is 7.41 Å². The Balaban J connectivity index is 3.12. The van der Waals surface area contributed by atoms with Crippen LogP contribution < -0.4 is 0 Å². The van der Waals surface area contributed by atoms with Crippen LogP contribution in [-0.2, 0) is 15.0 Å². The number of carbonyl (C=O) groups is 2. The van der Waals surface area contributed by atoms with Crippen molar-refractivity contribution in [2.45, 2.75) is 25.3 Å². The molecule has 18 heavy (non-hydrogen) atoms. The van der Waals surface area contributed by atoms with Crippen molar-refractivity contribution in [3.05, 3.63) is 35.9 Å². The molecule has 0 aliphatic heterocycles. The number of nitrogens with zero attached hydrogens (tertiary/aromatic N) is 1. The molecular formula is C13H18BNO3. The minimum Gasteiger partial charge on any atom is -0.480 e. The molecule has 0 spiro atoms. The van der Waals surface area contributed by atoms with E-state index in [9.17, 15) is 14.7 Å². The largest absolute Gasteiger partial charge is 0.480 e. The van der Waals surface area contributed by atoms with E-state index in [-0.39, 0.29) is 7.41 Å². The van der Waals surface area contributed by atoms with Crippen molar-refractivity contribution < 1.29 is 14.7 Å². The van der Waals surface area contributed by atoms with E-state index in [2.05, 4.69) is 0 Å². The highest BCUT2D eigenvalue weighted by atomic mass is 16.4. The van der Waals surface area contributed by atoms with Crippen LogP contribution in [0.25, 0.3) is 0 Å². The van der Waals surface area contributed by atoms with Gasteiger partial charge in [0.2, 0.25) is 0 Å². The second-order valence-corrected chi connectivity index (χ2v) is 4.93. The lowest BCUT2D eigenvalue weighted by Gasteiger charge is -2.37. The number of carboxylic acids is 1. The lowest BCUT2D eigenvalue weighted by atomic mass is 9.74. The average Bonchev–Trinajstić information content (AvgIpc) is 2.29. The van der Waals surface area contributed by atoms with Crippen molar-refractivity contribution in [3.8, 4) is 0 Å². The molecule has 1 rings (SSSR count). The molecule has 0 bridgehead atoms. The van der Waals surface area contributed by atoms with Gasteiger partial charge in [-0.2, -0.15) is 0 Å².